The predicted octanol–water partition coefficient (Wildman–Crippen LogP) is -1.21. The second-order valence-corrected chi connectivity index (χ2v) is 2.36. The van der Waals surface area contributed by atoms with Crippen LogP contribution < -0.4 is 11.1 Å². The van der Waals surface area contributed by atoms with E-state index in [-0.39, 0.29) is 5.78 Å². The lowest BCUT2D eigenvalue weighted by Gasteiger charge is -2.18. The highest BCUT2D eigenvalue weighted by Gasteiger charge is 2.25. The van der Waals surface area contributed by atoms with Gasteiger partial charge in [0.2, 0.25) is 5.91 Å². The number of carbonyl (C=O) groups is 2. The molecule has 10 heavy (non-hydrogen) atoms. The molecule has 1 aliphatic rings. The fraction of sp³-hybridized carbons (Fsp3) is 0.667. The van der Waals surface area contributed by atoms with Crippen LogP contribution in [0.5, 0.6) is 0 Å². The van der Waals surface area contributed by atoms with Crippen molar-refractivity contribution in [1.82, 2.24) is 5.32 Å². The van der Waals surface area contributed by atoms with Crippen molar-refractivity contribution < 1.29 is 9.59 Å². The molecule has 3 N–H and O–H groups in total. The van der Waals surface area contributed by atoms with E-state index in [4.69, 9.17) is 5.73 Å². The molecule has 56 valence electrons. The van der Waals surface area contributed by atoms with E-state index >= 15 is 0 Å². The molecule has 1 rings (SSSR count). The van der Waals surface area contributed by atoms with Crippen molar-refractivity contribution in [2.24, 2.45) is 5.73 Å². The summed E-state index contributed by atoms with van der Waals surface area (Å²) in [4.78, 5) is 21.4. The van der Waals surface area contributed by atoms with E-state index in [1.807, 2.05) is 0 Å². The van der Waals surface area contributed by atoms with Crippen molar-refractivity contribution in [1.29, 1.82) is 0 Å². The number of amides is 1. The molecular formula is C6H10N2O2. The quantitative estimate of drug-likeness (QED) is 0.451. The Labute approximate surface area is 58.8 Å². The van der Waals surface area contributed by atoms with Crippen LogP contribution in [0.15, 0.2) is 0 Å². The highest BCUT2D eigenvalue weighted by atomic mass is 16.2. The number of nitrogens with one attached hydrogen (secondary N) is 1. The summed E-state index contributed by atoms with van der Waals surface area (Å²) in [5.41, 5.74) is 4.94. The largest absolute Gasteiger partial charge is 0.368 e. The molecule has 1 saturated heterocycles. The van der Waals surface area contributed by atoms with Gasteiger partial charge in [0.15, 0.2) is 5.78 Å². The van der Waals surface area contributed by atoms with Gasteiger partial charge >= 0.3 is 0 Å². The van der Waals surface area contributed by atoms with Crippen LogP contribution >= 0.6 is 0 Å². The molecule has 0 spiro atoms. The Hall–Kier alpha value is -0.900. The van der Waals surface area contributed by atoms with Crippen LogP contribution in [0.2, 0.25) is 0 Å². The average molecular weight is 142 g/mol. The molecule has 0 bridgehead atoms. The van der Waals surface area contributed by atoms with Crippen molar-refractivity contribution in [3.05, 3.63) is 0 Å². The fourth-order valence-corrected chi connectivity index (χ4v) is 1.03. The molecule has 0 aromatic rings. The molecule has 1 amide bonds. The molecule has 1 atom stereocenters. The average Bonchev–Trinajstić information content (AvgIpc) is 1.88. The minimum atomic E-state index is -0.728. The number of ketones is 1. The zero-order chi connectivity index (χ0) is 7.56. The third-order valence-electron chi connectivity index (χ3n) is 1.55. The lowest BCUT2D eigenvalue weighted by Crippen LogP contribution is -2.50. The Morgan fingerprint density at radius 1 is 1.70 bits per heavy atom. The smallest absolute Gasteiger partial charge is 0.242 e. The number of hydrogen-bond donors (Lipinski definition) is 2. The summed E-state index contributed by atoms with van der Waals surface area (Å²) < 4.78 is 0. The summed E-state index contributed by atoms with van der Waals surface area (Å²) >= 11 is 0. The van der Waals surface area contributed by atoms with Crippen LogP contribution in [0.4, 0.5) is 0 Å². The maximum atomic E-state index is 10.9. The van der Waals surface area contributed by atoms with Crippen LogP contribution in [0.1, 0.15) is 12.8 Å². The van der Waals surface area contributed by atoms with Gasteiger partial charge in [0.25, 0.3) is 0 Å². The molecule has 4 heteroatoms. The van der Waals surface area contributed by atoms with Crippen LogP contribution in [-0.2, 0) is 9.59 Å². The second-order valence-electron chi connectivity index (χ2n) is 2.36. The van der Waals surface area contributed by atoms with Crippen molar-refractivity contribution >= 4 is 11.7 Å². The normalized spacial score (nSPS) is 26.4. The number of carbonyl (C=O) groups excluding carboxylic acids is 2. The topological polar surface area (TPSA) is 72.2 Å². The minimum absolute atomic E-state index is 0.0845. The number of primary amides is 1. The minimum Gasteiger partial charge on any atom is -0.368 e. The molecule has 1 aliphatic heterocycles. The van der Waals surface area contributed by atoms with Crippen LogP contribution in [0.25, 0.3) is 0 Å². The molecule has 0 saturated carbocycles. The van der Waals surface area contributed by atoms with Gasteiger partial charge in [-0.1, -0.05) is 0 Å². The standard InChI is InChI=1S/C6H10N2O2/c7-6(10)5-4(9)2-1-3-8-5/h5,8H,1-3H2,(H2,7,10). The van der Waals surface area contributed by atoms with Gasteiger partial charge in [0.05, 0.1) is 0 Å². The lowest BCUT2D eigenvalue weighted by molar-refractivity contribution is -0.130. The summed E-state index contributed by atoms with van der Waals surface area (Å²) in [6.45, 7) is 0.708. The molecule has 0 radical (unpaired) electrons. The van der Waals surface area contributed by atoms with E-state index in [1.54, 1.807) is 0 Å². The summed E-state index contributed by atoms with van der Waals surface area (Å²) in [7, 11) is 0. The molecular weight excluding hydrogens is 132 g/mol. The van der Waals surface area contributed by atoms with Crippen molar-refractivity contribution in [2.75, 3.05) is 6.54 Å². The number of hydrogen-bond acceptors (Lipinski definition) is 3. The van der Waals surface area contributed by atoms with Gasteiger partial charge in [0.1, 0.15) is 6.04 Å². The summed E-state index contributed by atoms with van der Waals surface area (Å²) in [6, 6.07) is -0.728. The van der Waals surface area contributed by atoms with E-state index in [2.05, 4.69) is 5.32 Å². The van der Waals surface area contributed by atoms with Crippen molar-refractivity contribution in [3.63, 3.8) is 0 Å². The van der Waals surface area contributed by atoms with Crippen LogP contribution in [0, 0.1) is 0 Å². The van der Waals surface area contributed by atoms with Gasteiger partial charge in [0, 0.05) is 6.42 Å². The Kier molecular flexibility index (Phi) is 2.01. The Morgan fingerprint density at radius 3 is 2.80 bits per heavy atom. The third-order valence-corrected chi connectivity index (χ3v) is 1.55. The zero-order valence-corrected chi connectivity index (χ0v) is 5.59. The first-order valence-corrected chi connectivity index (χ1v) is 3.27. The number of Topliss-reactive ketones (excluding diaryl/α,β-unsaturated/α-hetero) is 1. The van der Waals surface area contributed by atoms with E-state index in [1.165, 1.54) is 0 Å². The summed E-state index contributed by atoms with van der Waals surface area (Å²) in [6.07, 6.45) is 1.28. The summed E-state index contributed by atoms with van der Waals surface area (Å²) in [5.74, 6) is -0.650. The van der Waals surface area contributed by atoms with Gasteiger partial charge in [-0.05, 0) is 13.0 Å². The van der Waals surface area contributed by atoms with E-state index in [0.717, 1.165) is 6.42 Å². The van der Waals surface area contributed by atoms with Crippen LogP contribution in [0.3, 0.4) is 0 Å². The molecule has 0 aromatic heterocycles. The number of nitrogens with two attached hydrogens (primary N) is 1. The van der Waals surface area contributed by atoms with Crippen molar-refractivity contribution in [2.45, 2.75) is 18.9 Å². The van der Waals surface area contributed by atoms with Gasteiger partial charge in [-0.25, -0.2) is 0 Å². The zero-order valence-electron chi connectivity index (χ0n) is 5.59. The Bertz CT molecular complexity index is 167. The van der Waals surface area contributed by atoms with Gasteiger partial charge in [-0.2, -0.15) is 0 Å². The molecule has 4 nitrogen and oxygen atoms in total. The van der Waals surface area contributed by atoms with E-state index < -0.39 is 11.9 Å². The number of piperidine rings is 1. The lowest BCUT2D eigenvalue weighted by atomic mass is 10.0. The summed E-state index contributed by atoms with van der Waals surface area (Å²) in [5, 5.41) is 2.74. The van der Waals surface area contributed by atoms with Crippen molar-refractivity contribution in [3.8, 4) is 0 Å². The van der Waals surface area contributed by atoms with Gasteiger partial charge in [-0.15, -0.1) is 0 Å². The molecule has 1 unspecified atom stereocenters. The highest BCUT2D eigenvalue weighted by molar-refractivity contribution is 6.05. The van der Waals surface area contributed by atoms with E-state index in [0.29, 0.717) is 13.0 Å². The predicted molar refractivity (Wildman–Crippen MR) is 35.2 cm³/mol. The third kappa shape index (κ3) is 1.33. The Balaban J connectivity index is 2.56. The maximum absolute atomic E-state index is 10.9. The molecule has 1 fully saturated rings. The first kappa shape index (κ1) is 7.21. The molecule has 0 aromatic carbocycles. The first-order valence-electron chi connectivity index (χ1n) is 3.27. The SMILES string of the molecule is NC(=O)C1NCCCC1=O. The number of rotatable bonds is 1. The second kappa shape index (κ2) is 2.79. The highest BCUT2D eigenvalue weighted by Crippen LogP contribution is 2.01. The monoisotopic (exact) mass is 142 g/mol. The van der Waals surface area contributed by atoms with Gasteiger partial charge in [-0.3, -0.25) is 14.9 Å². The van der Waals surface area contributed by atoms with Gasteiger partial charge < -0.3 is 5.73 Å². The molecule has 1 heterocycles. The molecule has 0 aliphatic carbocycles. The maximum Gasteiger partial charge on any atom is 0.242 e. The first-order chi connectivity index (χ1) is 4.72. The van der Waals surface area contributed by atoms with E-state index in [9.17, 15) is 9.59 Å². The van der Waals surface area contributed by atoms with Crippen LogP contribution in [-0.4, -0.2) is 24.3 Å². The fourth-order valence-electron chi connectivity index (χ4n) is 1.03. The Morgan fingerprint density at radius 2 is 2.40 bits per heavy atom.